The molecule has 8 aromatic rings. The zero-order valence-electron chi connectivity index (χ0n) is 66.8. The predicted molar refractivity (Wildman–Crippen MR) is 442 cm³/mol. The van der Waals surface area contributed by atoms with Crippen LogP contribution in [0.1, 0.15) is 153 Å². The molecule has 30 heteroatoms. The molecule has 3 saturated heterocycles. The number of nitrogens with one attached hydrogen (secondary N) is 5. The van der Waals surface area contributed by atoms with Gasteiger partial charge in [-0.1, -0.05) is 139 Å². The summed E-state index contributed by atoms with van der Waals surface area (Å²) in [6.45, 7) is 28.9. The van der Waals surface area contributed by atoms with Crippen LogP contribution in [0.15, 0.2) is 132 Å². The van der Waals surface area contributed by atoms with Gasteiger partial charge in [0, 0.05) is 77.1 Å². The molecule has 116 heavy (non-hydrogen) atoms. The van der Waals surface area contributed by atoms with Crippen molar-refractivity contribution in [3.63, 3.8) is 0 Å². The van der Waals surface area contributed by atoms with Crippen molar-refractivity contribution < 1.29 is 63.6 Å². The highest BCUT2D eigenvalue weighted by molar-refractivity contribution is 7.14. The van der Waals surface area contributed by atoms with Crippen molar-refractivity contribution in [2.75, 3.05) is 19.6 Å². The van der Waals surface area contributed by atoms with Gasteiger partial charge in [-0.2, -0.15) is 5.26 Å². The molecule has 0 radical (unpaired) electrons. The molecular weight excluding hydrogens is 1530 g/mol. The summed E-state index contributed by atoms with van der Waals surface area (Å²) >= 11 is 4.73. The zero-order chi connectivity index (χ0) is 84.0. The van der Waals surface area contributed by atoms with Crippen LogP contribution < -0.4 is 26.6 Å². The van der Waals surface area contributed by atoms with Crippen molar-refractivity contribution >= 4 is 92.9 Å². The van der Waals surface area contributed by atoms with E-state index in [0.717, 1.165) is 65.1 Å². The van der Waals surface area contributed by atoms with Crippen molar-refractivity contribution in [1.29, 1.82) is 5.26 Å². The number of carbonyl (C=O) groups is 9. The van der Waals surface area contributed by atoms with Crippen molar-refractivity contribution in [2.45, 2.75) is 195 Å². The molecule has 10 atom stereocenters. The molecule has 0 saturated carbocycles. The predicted octanol–water partition coefficient (Wildman–Crippen LogP) is 9.34. The summed E-state index contributed by atoms with van der Waals surface area (Å²) in [5.74, 6) is -3.56. The van der Waals surface area contributed by atoms with Crippen molar-refractivity contribution in [2.24, 2.45) is 17.3 Å². The van der Waals surface area contributed by atoms with E-state index in [1.54, 1.807) is 57.7 Å². The minimum atomic E-state index is -1.19. The number of nitriles is 1. The van der Waals surface area contributed by atoms with Gasteiger partial charge in [-0.3, -0.25) is 43.2 Å². The van der Waals surface area contributed by atoms with Crippen LogP contribution >= 0.6 is 34.0 Å². The second kappa shape index (κ2) is 39.1. The molecule has 9 N–H and O–H groups in total. The van der Waals surface area contributed by atoms with Gasteiger partial charge in [-0.15, -0.1) is 34.0 Å². The number of likely N-dealkylation sites (tertiary alicyclic amines) is 3. The Morgan fingerprint density at radius 3 is 1.36 bits per heavy atom. The van der Waals surface area contributed by atoms with Crippen LogP contribution in [0.3, 0.4) is 0 Å². The first-order chi connectivity index (χ1) is 55.2. The fourth-order valence-electron chi connectivity index (χ4n) is 14.5. The van der Waals surface area contributed by atoms with Crippen molar-refractivity contribution in [3.8, 4) is 37.4 Å². The smallest absolute Gasteiger partial charge is 0.251 e. The lowest BCUT2D eigenvalue weighted by molar-refractivity contribution is -0.144. The van der Waals surface area contributed by atoms with E-state index in [1.807, 2.05) is 159 Å². The van der Waals surface area contributed by atoms with Gasteiger partial charge in [0.25, 0.3) is 5.91 Å². The number of amides is 9. The Labute approximate surface area is 687 Å². The standard InChI is InChI=1S/C30H31N5O4S.C30H33N5O4S.C26H36N4O5S/c1-17(2)26(35-14-21-6-5-7-23(31-4)25(21)29(35)38)30(39)34-15-22(36)12-24(34)28(37)32-13-19-8-10-20(11-9-19)27-18(3)33-16-40-27;1-18-25(40-17-33-18)21-9-7-20(8-10-21)15-32-28(38)24-13-23(36)16-35(24)29(39)26(30(2,3)4)34-27(37)22-11-5-19(14-31)6-12-22;1-15(2)5-10-22(33)29-23(17(4)31)26(35)30-13-20(32)11-21(30)25(34)27-12-18-6-8-19(9-7-18)24-16(3)28-14-36-24/h5-11,16-17,22,24,26,36H,12-15H2,1-3H3,(H,32,37);5-12,17,23-24,26,36H,13,15-16H2,1-4H3,(H,32,38)(H,34,37);6-9,14-15,17,20-21,23,31-32H,5,10-13H2,1-4H3,(H,27,34)(H,29,33)/t22-,24+,26+;23-,24+,26-;17-,20+,21-,23-/m110/s1. The van der Waals surface area contributed by atoms with Gasteiger partial charge in [0.1, 0.15) is 36.3 Å². The highest BCUT2D eigenvalue weighted by atomic mass is 32.1. The molecule has 4 aliphatic rings. The lowest BCUT2D eigenvalue weighted by Gasteiger charge is -2.35. The monoisotopic (exact) mass is 1630 g/mol. The minimum Gasteiger partial charge on any atom is -0.391 e. The molecule has 9 amide bonds. The Morgan fingerprint density at radius 1 is 0.586 bits per heavy atom. The van der Waals surface area contributed by atoms with Crippen LogP contribution in [-0.4, -0.2) is 188 Å². The van der Waals surface area contributed by atoms with Gasteiger partial charge in [-0.25, -0.2) is 19.8 Å². The molecule has 3 aromatic heterocycles. The molecule has 0 unspecified atom stereocenters. The SMILES string of the molecule is Cc1ncsc1-c1ccc(CNC(=O)[C@@H]2C[C@@H](O)CN2C(=O)[C@@H](NC(=O)CCC(C)C)[C@H](C)O)cc1.Cc1ncsc1-c1ccc(CNC(=O)[C@@H]2C[C@@H](O)CN2C(=O)[C@@H](NC(=O)c2ccc(C#N)cc2)C(C)(C)C)cc1.[C-]#[N+]c1cccc2c1C(=O)N([C@H](C(=O)N1C[C@H](O)C[C@H]1C(=O)NCc1ccc(-c3scnc3C)cc1)C(C)C)C2. The molecule has 0 spiro atoms. The summed E-state index contributed by atoms with van der Waals surface area (Å²) in [6.07, 6.45) is -2.47. The molecule has 27 nitrogen and oxygen atoms in total. The van der Waals surface area contributed by atoms with E-state index in [-0.39, 0.29) is 113 Å². The maximum Gasteiger partial charge on any atom is 0.251 e. The number of aliphatic hydroxyl groups excluding tert-OH is 4. The Balaban J connectivity index is 0.000000184. The van der Waals surface area contributed by atoms with E-state index in [9.17, 15) is 63.6 Å². The number of benzene rings is 5. The first-order valence-corrected chi connectivity index (χ1v) is 41.2. The molecule has 4 aliphatic heterocycles. The molecule has 0 bridgehead atoms. The molecule has 7 heterocycles. The largest absolute Gasteiger partial charge is 0.391 e. The molecular formula is C86H100N14O13S3. The number of thiazole rings is 3. The van der Waals surface area contributed by atoms with Gasteiger partial charge < -0.3 is 66.6 Å². The fourth-order valence-corrected chi connectivity index (χ4v) is 16.9. The average molecular weight is 1630 g/mol. The van der Waals surface area contributed by atoms with Crippen LogP contribution in [-0.2, 0) is 59.7 Å². The summed E-state index contributed by atoms with van der Waals surface area (Å²) in [6, 6.07) is 31.3. The number of β-amino-alcohol motifs (C(OH)–C–C–N with tert-alkyl or cyclic N) is 3. The summed E-state index contributed by atoms with van der Waals surface area (Å²) in [4.78, 5) is 144. The number of rotatable bonds is 24. The van der Waals surface area contributed by atoms with Gasteiger partial charge >= 0.3 is 0 Å². The molecule has 0 aliphatic carbocycles. The number of fused-ring (bicyclic) bond motifs is 1. The van der Waals surface area contributed by atoms with Gasteiger partial charge in [0.15, 0.2) is 5.69 Å². The maximum atomic E-state index is 13.9. The van der Waals surface area contributed by atoms with Crippen LogP contribution in [0, 0.1) is 55.9 Å². The lowest BCUT2D eigenvalue weighted by Crippen LogP contribution is -2.57. The van der Waals surface area contributed by atoms with Gasteiger partial charge in [0.2, 0.25) is 47.3 Å². The Hall–Kier alpha value is -11.0. The van der Waals surface area contributed by atoms with Crippen LogP contribution in [0.2, 0.25) is 0 Å². The van der Waals surface area contributed by atoms with Crippen LogP contribution in [0.4, 0.5) is 5.69 Å². The quantitative estimate of drug-likeness (QED) is 0.0254. The van der Waals surface area contributed by atoms with Crippen molar-refractivity contribution in [1.82, 2.24) is 61.1 Å². The normalized spacial score (nSPS) is 18.6. The van der Waals surface area contributed by atoms with Gasteiger partial charge in [-0.05, 0) is 115 Å². The number of aliphatic hydroxyl groups is 4. The third-order valence-electron chi connectivity index (χ3n) is 20.8. The fraction of sp³-hybridized carbons (Fsp3) is 0.419. The summed E-state index contributed by atoms with van der Waals surface area (Å²) < 4.78 is 0. The first-order valence-electron chi connectivity index (χ1n) is 38.6. The van der Waals surface area contributed by atoms with E-state index in [2.05, 4.69) is 46.4 Å². The van der Waals surface area contributed by atoms with E-state index in [0.29, 0.717) is 34.6 Å². The van der Waals surface area contributed by atoms with Crippen molar-refractivity contribution in [3.05, 3.63) is 199 Å². The van der Waals surface area contributed by atoms with E-state index < -0.39 is 89.7 Å². The second-order valence-corrected chi connectivity index (χ2v) is 34.0. The molecule has 12 rings (SSSR count). The number of hydrogen-bond donors (Lipinski definition) is 9. The van der Waals surface area contributed by atoms with E-state index in [4.69, 9.17) is 11.8 Å². The Morgan fingerprint density at radius 2 is 1.00 bits per heavy atom. The lowest BCUT2D eigenvalue weighted by atomic mass is 9.85. The third kappa shape index (κ3) is 21.6. The highest BCUT2D eigenvalue weighted by Crippen LogP contribution is 2.37. The van der Waals surface area contributed by atoms with E-state index >= 15 is 0 Å². The second-order valence-electron chi connectivity index (χ2n) is 31.5. The Bertz CT molecular complexity index is 4930. The first kappa shape index (κ1) is 87.4. The summed E-state index contributed by atoms with van der Waals surface area (Å²) in [7, 11) is 0. The average Bonchev–Trinajstić information content (AvgIpc) is 1.61. The Kier molecular flexibility index (Phi) is 29.5. The zero-order valence-corrected chi connectivity index (χ0v) is 69.3. The minimum absolute atomic E-state index is 0.000859. The number of aryl methyl sites for hydroxylation is 3. The summed E-state index contributed by atoms with van der Waals surface area (Å²) in [5, 5.41) is 64.4. The topological polar surface area (TPSA) is 374 Å². The summed E-state index contributed by atoms with van der Waals surface area (Å²) in [5.41, 5.74) is 15.6. The molecule has 610 valence electrons. The maximum absolute atomic E-state index is 13.9. The van der Waals surface area contributed by atoms with Gasteiger partial charge in [0.05, 0.1) is 96.4 Å². The third-order valence-corrected chi connectivity index (χ3v) is 23.8. The van der Waals surface area contributed by atoms with Crippen LogP contribution in [0.5, 0.6) is 0 Å². The number of aromatic nitrogens is 3. The van der Waals surface area contributed by atoms with E-state index in [1.165, 1.54) is 50.8 Å². The number of carbonyl (C=O) groups excluding carboxylic acids is 9. The number of hydrogen-bond acceptors (Lipinski definition) is 20. The number of nitrogens with zero attached hydrogens (tertiary/aromatic N) is 9. The highest BCUT2D eigenvalue weighted by Gasteiger charge is 2.48. The van der Waals surface area contributed by atoms with Crippen LogP contribution in [0.25, 0.3) is 36.2 Å². The molecule has 3 fully saturated rings. The molecule has 5 aromatic carbocycles.